The van der Waals surface area contributed by atoms with E-state index in [1.54, 1.807) is 12.5 Å². The lowest BCUT2D eigenvalue weighted by Crippen LogP contribution is -2.10. The third-order valence-corrected chi connectivity index (χ3v) is 1.48. The zero-order valence-electron chi connectivity index (χ0n) is 5.72. The minimum atomic E-state index is 0.392. The van der Waals surface area contributed by atoms with Gasteiger partial charge in [-0.2, -0.15) is 0 Å². The summed E-state index contributed by atoms with van der Waals surface area (Å²) in [7, 11) is 1.93. The molecule has 50 valence electrons. The van der Waals surface area contributed by atoms with Gasteiger partial charge in [-0.25, -0.2) is 0 Å². The van der Waals surface area contributed by atoms with Crippen molar-refractivity contribution in [3.05, 3.63) is 24.2 Å². The third kappa shape index (κ3) is 1.33. The van der Waals surface area contributed by atoms with Gasteiger partial charge in [-0.05, 0) is 20.0 Å². The highest BCUT2D eigenvalue weighted by Crippen LogP contribution is 2.10. The predicted octanol–water partition coefficient (Wildman–Crippen LogP) is 1.56. The molecular weight excluding hydrogens is 114 g/mol. The fraction of sp³-hybridized carbons (Fsp3) is 0.429. The molecule has 2 heteroatoms. The van der Waals surface area contributed by atoms with Gasteiger partial charge in [-0.1, -0.05) is 0 Å². The summed E-state index contributed by atoms with van der Waals surface area (Å²) in [5.74, 6) is 0. The highest BCUT2D eigenvalue weighted by Gasteiger charge is 2.00. The van der Waals surface area contributed by atoms with E-state index in [4.69, 9.17) is 4.42 Å². The maximum Gasteiger partial charge on any atom is 0.0950 e. The van der Waals surface area contributed by atoms with Crippen molar-refractivity contribution in [1.29, 1.82) is 0 Å². The Balaban J connectivity index is 2.65. The van der Waals surface area contributed by atoms with Crippen molar-refractivity contribution in [3.8, 4) is 0 Å². The van der Waals surface area contributed by atoms with Gasteiger partial charge in [0.2, 0.25) is 0 Å². The summed E-state index contributed by atoms with van der Waals surface area (Å²) in [6.07, 6.45) is 3.43. The molecule has 0 aromatic carbocycles. The van der Waals surface area contributed by atoms with Crippen molar-refractivity contribution >= 4 is 0 Å². The maximum atomic E-state index is 4.90. The molecule has 2 nitrogen and oxygen atoms in total. The summed E-state index contributed by atoms with van der Waals surface area (Å²) in [5.41, 5.74) is 1.19. The molecule has 0 saturated heterocycles. The van der Waals surface area contributed by atoms with Crippen molar-refractivity contribution in [2.45, 2.75) is 13.0 Å². The third-order valence-electron chi connectivity index (χ3n) is 1.48. The van der Waals surface area contributed by atoms with Crippen molar-refractivity contribution in [2.75, 3.05) is 7.05 Å². The van der Waals surface area contributed by atoms with Gasteiger partial charge in [0, 0.05) is 11.6 Å². The highest BCUT2D eigenvalue weighted by molar-refractivity contribution is 5.09. The van der Waals surface area contributed by atoms with E-state index in [-0.39, 0.29) is 0 Å². The Labute approximate surface area is 54.9 Å². The van der Waals surface area contributed by atoms with Crippen LogP contribution in [0.2, 0.25) is 0 Å². The predicted molar refractivity (Wildman–Crippen MR) is 36.2 cm³/mol. The van der Waals surface area contributed by atoms with E-state index in [1.165, 1.54) is 5.56 Å². The molecule has 1 N–H and O–H groups in total. The number of hydrogen-bond acceptors (Lipinski definition) is 2. The minimum Gasteiger partial charge on any atom is -0.472 e. The van der Waals surface area contributed by atoms with Crippen LogP contribution in [0.15, 0.2) is 23.0 Å². The molecule has 0 amide bonds. The van der Waals surface area contributed by atoms with Gasteiger partial charge in [0.25, 0.3) is 0 Å². The van der Waals surface area contributed by atoms with Gasteiger partial charge in [-0.15, -0.1) is 0 Å². The lowest BCUT2D eigenvalue weighted by atomic mass is 10.2. The first-order valence-electron chi connectivity index (χ1n) is 3.04. The number of hydrogen-bond donors (Lipinski definition) is 1. The number of rotatable bonds is 2. The van der Waals surface area contributed by atoms with Crippen LogP contribution in [0.1, 0.15) is 18.5 Å². The van der Waals surface area contributed by atoms with Crippen LogP contribution in [-0.2, 0) is 0 Å². The standard InChI is InChI=1S/C7H11NO/c1-6(8-2)7-3-4-9-5-7/h3-6,8H,1-2H3. The van der Waals surface area contributed by atoms with Gasteiger partial charge in [0.15, 0.2) is 0 Å². The van der Waals surface area contributed by atoms with E-state index in [0.29, 0.717) is 6.04 Å². The van der Waals surface area contributed by atoms with E-state index in [9.17, 15) is 0 Å². The largest absolute Gasteiger partial charge is 0.472 e. The molecule has 0 aliphatic carbocycles. The van der Waals surface area contributed by atoms with Crippen LogP contribution in [0.3, 0.4) is 0 Å². The molecule has 1 aromatic rings. The Bertz CT molecular complexity index is 157. The lowest BCUT2D eigenvalue weighted by Gasteiger charge is -2.04. The number of furan rings is 1. The van der Waals surface area contributed by atoms with Crippen molar-refractivity contribution in [1.82, 2.24) is 5.32 Å². The lowest BCUT2D eigenvalue weighted by molar-refractivity contribution is 0.553. The molecular formula is C7H11NO. The van der Waals surface area contributed by atoms with Gasteiger partial charge >= 0.3 is 0 Å². The molecule has 0 saturated carbocycles. The summed E-state index contributed by atoms with van der Waals surface area (Å²) in [6.45, 7) is 2.09. The summed E-state index contributed by atoms with van der Waals surface area (Å²) in [4.78, 5) is 0. The molecule has 0 radical (unpaired) electrons. The second-order valence-electron chi connectivity index (χ2n) is 2.07. The average Bonchev–Trinajstić information content (AvgIpc) is 2.37. The van der Waals surface area contributed by atoms with Crippen LogP contribution in [0.4, 0.5) is 0 Å². The van der Waals surface area contributed by atoms with Crippen molar-refractivity contribution < 1.29 is 4.42 Å². The molecule has 1 rings (SSSR count). The zero-order chi connectivity index (χ0) is 6.69. The maximum absolute atomic E-state index is 4.90. The molecule has 1 aromatic heterocycles. The van der Waals surface area contributed by atoms with Crippen LogP contribution >= 0.6 is 0 Å². The first-order chi connectivity index (χ1) is 4.34. The summed E-state index contributed by atoms with van der Waals surface area (Å²) < 4.78 is 4.90. The molecule has 0 aliphatic rings. The smallest absolute Gasteiger partial charge is 0.0950 e. The van der Waals surface area contributed by atoms with Crippen LogP contribution in [0, 0.1) is 0 Å². The Kier molecular flexibility index (Phi) is 1.90. The monoisotopic (exact) mass is 125 g/mol. The second kappa shape index (κ2) is 2.69. The molecule has 0 bridgehead atoms. The van der Waals surface area contributed by atoms with E-state index in [0.717, 1.165) is 0 Å². The Hall–Kier alpha value is -0.760. The van der Waals surface area contributed by atoms with Gasteiger partial charge in [0.1, 0.15) is 0 Å². The fourth-order valence-electron chi connectivity index (χ4n) is 0.688. The van der Waals surface area contributed by atoms with Crippen molar-refractivity contribution in [2.24, 2.45) is 0 Å². The van der Waals surface area contributed by atoms with Crippen molar-refractivity contribution in [3.63, 3.8) is 0 Å². The fourth-order valence-corrected chi connectivity index (χ4v) is 0.688. The summed E-state index contributed by atoms with van der Waals surface area (Å²) in [5, 5.41) is 3.11. The van der Waals surface area contributed by atoms with E-state index in [1.807, 2.05) is 13.1 Å². The normalized spacial score (nSPS) is 13.6. The molecule has 0 fully saturated rings. The Morgan fingerprint density at radius 3 is 2.89 bits per heavy atom. The summed E-state index contributed by atoms with van der Waals surface area (Å²) >= 11 is 0. The molecule has 9 heavy (non-hydrogen) atoms. The Morgan fingerprint density at radius 2 is 2.44 bits per heavy atom. The average molecular weight is 125 g/mol. The topological polar surface area (TPSA) is 25.2 Å². The van der Waals surface area contributed by atoms with E-state index in [2.05, 4.69) is 12.2 Å². The first-order valence-corrected chi connectivity index (χ1v) is 3.04. The van der Waals surface area contributed by atoms with Gasteiger partial charge in [-0.3, -0.25) is 0 Å². The highest BCUT2D eigenvalue weighted by atomic mass is 16.3. The van der Waals surface area contributed by atoms with Gasteiger partial charge < -0.3 is 9.73 Å². The molecule has 0 spiro atoms. The zero-order valence-corrected chi connectivity index (χ0v) is 5.72. The quantitative estimate of drug-likeness (QED) is 0.648. The molecule has 0 aliphatic heterocycles. The molecule has 1 heterocycles. The molecule has 1 unspecified atom stereocenters. The summed E-state index contributed by atoms with van der Waals surface area (Å²) in [6, 6.07) is 2.35. The minimum absolute atomic E-state index is 0.392. The van der Waals surface area contributed by atoms with Crippen LogP contribution in [0.25, 0.3) is 0 Å². The molecule has 1 atom stereocenters. The van der Waals surface area contributed by atoms with E-state index < -0.39 is 0 Å². The van der Waals surface area contributed by atoms with Gasteiger partial charge in [0.05, 0.1) is 12.5 Å². The van der Waals surface area contributed by atoms with Crippen LogP contribution in [0.5, 0.6) is 0 Å². The Morgan fingerprint density at radius 1 is 1.67 bits per heavy atom. The van der Waals surface area contributed by atoms with E-state index >= 15 is 0 Å². The SMILES string of the molecule is CNC(C)c1ccoc1. The second-order valence-corrected chi connectivity index (χ2v) is 2.07. The first kappa shape index (κ1) is 6.36. The van der Waals surface area contributed by atoms with Crippen LogP contribution in [-0.4, -0.2) is 7.05 Å². The van der Waals surface area contributed by atoms with Crippen LogP contribution < -0.4 is 5.32 Å². The number of nitrogens with one attached hydrogen (secondary N) is 1.